The average molecular weight is 283 g/mol. The predicted octanol–water partition coefficient (Wildman–Crippen LogP) is 0.705. The molecule has 0 unspecified atom stereocenters. The molecule has 0 spiro atoms. The van der Waals surface area contributed by atoms with E-state index in [2.05, 4.69) is 10.5 Å². The van der Waals surface area contributed by atoms with Crippen molar-refractivity contribution in [2.75, 3.05) is 11.5 Å². The molecule has 1 aromatic carbocycles. The number of rotatable bonds is 4. The lowest BCUT2D eigenvalue weighted by molar-refractivity contribution is -0.384. The SMILES string of the molecule is O=[N+]([O-])c1cccc(/C=N\N[C@H]2CCS(=O)(=O)C2)c1. The monoisotopic (exact) mass is 283 g/mol. The Morgan fingerprint density at radius 3 is 2.89 bits per heavy atom. The van der Waals surface area contributed by atoms with Crippen LogP contribution < -0.4 is 5.43 Å². The third-order valence-corrected chi connectivity index (χ3v) is 4.55. The number of hydrogen-bond acceptors (Lipinski definition) is 6. The quantitative estimate of drug-likeness (QED) is 0.498. The van der Waals surface area contributed by atoms with Crippen LogP contribution in [0.3, 0.4) is 0 Å². The van der Waals surface area contributed by atoms with E-state index in [1.165, 1.54) is 18.3 Å². The van der Waals surface area contributed by atoms with Gasteiger partial charge in [-0.25, -0.2) is 8.42 Å². The zero-order valence-electron chi connectivity index (χ0n) is 10.0. The van der Waals surface area contributed by atoms with Gasteiger partial charge in [0.2, 0.25) is 0 Å². The number of sulfone groups is 1. The van der Waals surface area contributed by atoms with Gasteiger partial charge in [0.25, 0.3) is 5.69 Å². The van der Waals surface area contributed by atoms with Crippen LogP contribution in [-0.4, -0.2) is 37.1 Å². The van der Waals surface area contributed by atoms with Crippen LogP contribution in [0.2, 0.25) is 0 Å². The molecular formula is C11H13N3O4S. The summed E-state index contributed by atoms with van der Waals surface area (Å²) >= 11 is 0. The number of nitrogens with zero attached hydrogens (tertiary/aromatic N) is 2. The first-order valence-corrected chi connectivity index (χ1v) is 7.52. The molecule has 0 amide bonds. The Labute approximate surface area is 110 Å². The van der Waals surface area contributed by atoms with Gasteiger partial charge in [-0.1, -0.05) is 12.1 Å². The van der Waals surface area contributed by atoms with Gasteiger partial charge in [-0.3, -0.25) is 10.1 Å². The van der Waals surface area contributed by atoms with Crippen LogP contribution >= 0.6 is 0 Å². The summed E-state index contributed by atoms with van der Waals surface area (Å²) in [6.45, 7) is 0. The summed E-state index contributed by atoms with van der Waals surface area (Å²) < 4.78 is 22.5. The number of nitrogens with one attached hydrogen (secondary N) is 1. The van der Waals surface area contributed by atoms with E-state index in [-0.39, 0.29) is 23.2 Å². The topological polar surface area (TPSA) is 102 Å². The third kappa shape index (κ3) is 3.75. The molecule has 0 bridgehead atoms. The number of non-ortho nitro benzene ring substituents is 1. The Hall–Kier alpha value is -1.96. The smallest absolute Gasteiger partial charge is 0.270 e. The van der Waals surface area contributed by atoms with Gasteiger partial charge in [-0.05, 0) is 6.42 Å². The highest BCUT2D eigenvalue weighted by molar-refractivity contribution is 7.91. The molecule has 7 nitrogen and oxygen atoms in total. The minimum absolute atomic E-state index is 0.00704. The van der Waals surface area contributed by atoms with Crippen LogP contribution in [0.5, 0.6) is 0 Å². The van der Waals surface area contributed by atoms with Gasteiger partial charge in [-0.15, -0.1) is 0 Å². The van der Waals surface area contributed by atoms with Gasteiger partial charge in [-0.2, -0.15) is 5.10 Å². The maximum absolute atomic E-state index is 11.2. The van der Waals surface area contributed by atoms with E-state index >= 15 is 0 Å². The molecule has 1 fully saturated rings. The van der Waals surface area contributed by atoms with Crippen molar-refractivity contribution < 1.29 is 13.3 Å². The number of hydrogen-bond donors (Lipinski definition) is 1. The Morgan fingerprint density at radius 1 is 1.47 bits per heavy atom. The largest absolute Gasteiger partial charge is 0.306 e. The molecule has 1 N–H and O–H groups in total. The molecule has 1 saturated heterocycles. The second-order valence-electron chi connectivity index (χ2n) is 4.34. The predicted molar refractivity (Wildman–Crippen MR) is 70.9 cm³/mol. The van der Waals surface area contributed by atoms with E-state index < -0.39 is 14.8 Å². The molecule has 102 valence electrons. The summed E-state index contributed by atoms with van der Waals surface area (Å²) in [6, 6.07) is 5.87. The lowest BCUT2D eigenvalue weighted by Gasteiger charge is -2.05. The molecule has 0 saturated carbocycles. The van der Waals surface area contributed by atoms with Crippen molar-refractivity contribution in [2.24, 2.45) is 5.10 Å². The molecule has 0 radical (unpaired) electrons. The summed E-state index contributed by atoms with van der Waals surface area (Å²) in [6.07, 6.45) is 1.98. The summed E-state index contributed by atoms with van der Waals surface area (Å²) in [4.78, 5) is 10.1. The van der Waals surface area contributed by atoms with Gasteiger partial charge < -0.3 is 5.43 Å². The molecule has 1 aliphatic heterocycles. The van der Waals surface area contributed by atoms with Crippen LogP contribution in [0.1, 0.15) is 12.0 Å². The molecule has 1 atom stereocenters. The number of nitro benzene ring substituents is 1. The molecule has 2 rings (SSSR count). The van der Waals surface area contributed by atoms with Crippen LogP contribution in [-0.2, 0) is 9.84 Å². The molecule has 1 heterocycles. The standard InChI is InChI=1S/C11H13N3O4S/c15-14(16)11-3-1-2-9(6-11)7-12-13-10-4-5-19(17,18)8-10/h1-3,6-7,10,13H,4-5,8H2/b12-7-/t10-/m0/s1. The maximum Gasteiger partial charge on any atom is 0.270 e. The lowest BCUT2D eigenvalue weighted by Crippen LogP contribution is -2.25. The first-order valence-electron chi connectivity index (χ1n) is 5.70. The Kier molecular flexibility index (Phi) is 3.79. The lowest BCUT2D eigenvalue weighted by atomic mass is 10.2. The minimum Gasteiger partial charge on any atom is -0.306 e. The van der Waals surface area contributed by atoms with Gasteiger partial charge in [0.15, 0.2) is 9.84 Å². The van der Waals surface area contributed by atoms with E-state index in [4.69, 9.17) is 0 Å². The first kappa shape index (κ1) is 13.5. The maximum atomic E-state index is 11.2. The van der Waals surface area contributed by atoms with E-state index in [0.717, 1.165) is 0 Å². The van der Waals surface area contributed by atoms with E-state index in [0.29, 0.717) is 12.0 Å². The zero-order valence-corrected chi connectivity index (χ0v) is 10.8. The van der Waals surface area contributed by atoms with Crippen molar-refractivity contribution in [1.82, 2.24) is 5.43 Å². The van der Waals surface area contributed by atoms with Crippen molar-refractivity contribution in [1.29, 1.82) is 0 Å². The van der Waals surface area contributed by atoms with E-state index in [1.807, 2.05) is 0 Å². The number of nitro groups is 1. The van der Waals surface area contributed by atoms with E-state index in [1.54, 1.807) is 12.1 Å². The van der Waals surface area contributed by atoms with Crippen LogP contribution in [0.25, 0.3) is 0 Å². The summed E-state index contributed by atoms with van der Waals surface area (Å²) in [5.41, 5.74) is 3.33. The fourth-order valence-electron chi connectivity index (χ4n) is 1.83. The second-order valence-corrected chi connectivity index (χ2v) is 6.57. The summed E-state index contributed by atoms with van der Waals surface area (Å²) in [5.74, 6) is 0.260. The number of benzene rings is 1. The van der Waals surface area contributed by atoms with Gasteiger partial charge >= 0.3 is 0 Å². The second kappa shape index (κ2) is 5.35. The molecule has 1 aromatic rings. The van der Waals surface area contributed by atoms with Crippen molar-refractivity contribution >= 4 is 21.7 Å². The normalized spacial score (nSPS) is 21.6. The highest BCUT2D eigenvalue weighted by Gasteiger charge is 2.27. The molecule has 1 aliphatic rings. The zero-order chi connectivity index (χ0) is 13.9. The molecule has 8 heteroatoms. The van der Waals surface area contributed by atoms with Crippen LogP contribution in [0.4, 0.5) is 5.69 Å². The van der Waals surface area contributed by atoms with Crippen LogP contribution in [0, 0.1) is 10.1 Å². The fraction of sp³-hybridized carbons (Fsp3) is 0.364. The highest BCUT2D eigenvalue weighted by atomic mass is 32.2. The average Bonchev–Trinajstić information content (AvgIpc) is 2.69. The minimum atomic E-state index is -2.93. The number of hydrazone groups is 1. The van der Waals surface area contributed by atoms with Crippen molar-refractivity contribution in [3.05, 3.63) is 39.9 Å². The Balaban J connectivity index is 1.96. The molecular weight excluding hydrogens is 270 g/mol. The molecule has 0 aliphatic carbocycles. The van der Waals surface area contributed by atoms with Gasteiger partial charge in [0.1, 0.15) is 0 Å². The molecule has 19 heavy (non-hydrogen) atoms. The summed E-state index contributed by atoms with van der Waals surface area (Å²) in [7, 11) is -2.93. The van der Waals surface area contributed by atoms with Crippen molar-refractivity contribution in [3.63, 3.8) is 0 Å². The first-order chi connectivity index (χ1) is 8.96. The van der Waals surface area contributed by atoms with Crippen molar-refractivity contribution in [3.8, 4) is 0 Å². The van der Waals surface area contributed by atoms with Crippen LogP contribution in [0.15, 0.2) is 29.4 Å². The van der Waals surface area contributed by atoms with Crippen molar-refractivity contribution in [2.45, 2.75) is 12.5 Å². The Morgan fingerprint density at radius 2 is 2.26 bits per heavy atom. The highest BCUT2D eigenvalue weighted by Crippen LogP contribution is 2.12. The fourth-order valence-corrected chi connectivity index (χ4v) is 3.50. The van der Waals surface area contributed by atoms with E-state index in [9.17, 15) is 18.5 Å². The van der Waals surface area contributed by atoms with Gasteiger partial charge in [0, 0.05) is 17.7 Å². The third-order valence-electron chi connectivity index (χ3n) is 2.78. The van der Waals surface area contributed by atoms with Gasteiger partial charge in [0.05, 0.1) is 28.7 Å². The Bertz CT molecular complexity index is 612. The molecule has 0 aromatic heterocycles. The summed E-state index contributed by atoms with van der Waals surface area (Å²) in [5, 5.41) is 14.5.